The minimum Gasteiger partial charge on any atom is -0.365 e. The van der Waals surface area contributed by atoms with Gasteiger partial charge in [0.25, 0.3) is 0 Å². The molecule has 0 atom stereocenters. The van der Waals surface area contributed by atoms with Gasteiger partial charge >= 0.3 is 5.69 Å². The Morgan fingerprint density at radius 1 is 1.50 bits per heavy atom. The van der Waals surface area contributed by atoms with Crippen molar-refractivity contribution in [1.82, 2.24) is 4.98 Å². The first-order valence-corrected chi connectivity index (χ1v) is 5.88. The summed E-state index contributed by atoms with van der Waals surface area (Å²) in [6.07, 6.45) is 4.43. The fourth-order valence-electron chi connectivity index (χ4n) is 2.34. The maximum Gasteiger partial charge on any atom is 0.305 e. The molecule has 2 rings (SSSR count). The van der Waals surface area contributed by atoms with Gasteiger partial charge in [-0.1, -0.05) is 12.8 Å². The van der Waals surface area contributed by atoms with Crippen LogP contribution in [0.3, 0.4) is 0 Å². The van der Waals surface area contributed by atoms with Crippen LogP contribution in [0.5, 0.6) is 0 Å². The van der Waals surface area contributed by atoms with Crippen molar-refractivity contribution in [3.05, 3.63) is 27.9 Å². The van der Waals surface area contributed by atoms with E-state index < -0.39 is 4.92 Å². The van der Waals surface area contributed by atoms with E-state index in [2.05, 4.69) is 17.2 Å². The van der Waals surface area contributed by atoms with E-state index in [1.807, 2.05) is 0 Å². The van der Waals surface area contributed by atoms with Crippen LogP contribution in [0.25, 0.3) is 0 Å². The molecule has 1 aromatic heterocycles. The predicted molar refractivity (Wildman–Crippen MR) is 66.1 cm³/mol. The van der Waals surface area contributed by atoms with E-state index in [0.29, 0.717) is 5.82 Å². The average Bonchev–Trinajstić information content (AvgIpc) is 2.75. The Morgan fingerprint density at radius 3 is 2.72 bits per heavy atom. The Balaban J connectivity index is 2.25. The Labute approximate surface area is 105 Å². The molecule has 1 aliphatic carbocycles. The Bertz CT molecular complexity index is 515. The van der Waals surface area contributed by atoms with Crippen molar-refractivity contribution in [3.8, 4) is 6.07 Å². The summed E-state index contributed by atoms with van der Waals surface area (Å²) in [6, 6.07) is 4.65. The minimum atomic E-state index is -0.591. The summed E-state index contributed by atoms with van der Waals surface area (Å²) in [5, 5.41) is 22.8. The Morgan fingerprint density at radius 2 is 2.17 bits per heavy atom. The molecule has 0 aromatic carbocycles. The van der Waals surface area contributed by atoms with Gasteiger partial charge in [-0.25, -0.2) is 4.98 Å². The van der Waals surface area contributed by atoms with Crippen LogP contribution in [0.1, 0.15) is 38.3 Å². The zero-order valence-electron chi connectivity index (χ0n) is 10.1. The molecule has 1 aromatic rings. The molecule has 6 heteroatoms. The molecule has 0 unspecified atom stereocenters. The smallest absolute Gasteiger partial charge is 0.305 e. The van der Waals surface area contributed by atoms with E-state index in [1.165, 1.54) is 18.9 Å². The van der Waals surface area contributed by atoms with Crippen molar-refractivity contribution < 1.29 is 4.92 Å². The number of hydrogen-bond donors (Lipinski definition) is 1. The number of nitrogens with one attached hydrogen (secondary N) is 1. The SMILES string of the molecule is CC1(Nc2ccc([N+](=O)[O-])c(C#N)n2)CCCC1. The van der Waals surface area contributed by atoms with Crippen LogP contribution in [0.15, 0.2) is 12.1 Å². The first-order chi connectivity index (χ1) is 8.54. The molecular weight excluding hydrogens is 232 g/mol. The fourth-order valence-corrected chi connectivity index (χ4v) is 2.34. The van der Waals surface area contributed by atoms with Crippen molar-refractivity contribution >= 4 is 11.5 Å². The Kier molecular flexibility index (Phi) is 3.15. The molecule has 6 nitrogen and oxygen atoms in total. The monoisotopic (exact) mass is 246 g/mol. The molecule has 1 N–H and O–H groups in total. The summed E-state index contributed by atoms with van der Waals surface area (Å²) >= 11 is 0. The molecule has 0 bridgehead atoms. The molecule has 94 valence electrons. The van der Waals surface area contributed by atoms with Gasteiger partial charge in [0.2, 0.25) is 5.69 Å². The largest absolute Gasteiger partial charge is 0.365 e. The van der Waals surface area contributed by atoms with Crippen molar-refractivity contribution in [2.75, 3.05) is 5.32 Å². The zero-order valence-corrected chi connectivity index (χ0v) is 10.1. The first kappa shape index (κ1) is 12.3. The number of hydrogen-bond acceptors (Lipinski definition) is 5. The van der Waals surface area contributed by atoms with Crippen LogP contribution in [0, 0.1) is 21.4 Å². The number of nitriles is 1. The molecule has 0 radical (unpaired) electrons. The summed E-state index contributed by atoms with van der Waals surface area (Å²) in [5.74, 6) is 0.529. The lowest BCUT2D eigenvalue weighted by atomic mass is 10.0. The molecule has 1 saturated carbocycles. The molecule has 18 heavy (non-hydrogen) atoms. The van der Waals surface area contributed by atoms with Crippen LogP contribution in [-0.4, -0.2) is 15.4 Å². The number of anilines is 1. The standard InChI is InChI=1S/C12H14N4O2/c1-12(6-2-3-7-12)15-11-5-4-10(16(17)18)9(8-13)14-11/h4-5H,2-3,6-7H2,1H3,(H,14,15). The van der Waals surface area contributed by atoms with Gasteiger partial charge in [0.05, 0.1) is 4.92 Å². The highest BCUT2D eigenvalue weighted by Crippen LogP contribution is 2.32. The van der Waals surface area contributed by atoms with Crippen LogP contribution < -0.4 is 5.32 Å². The summed E-state index contributed by atoms with van der Waals surface area (Å²) in [4.78, 5) is 14.1. The van der Waals surface area contributed by atoms with E-state index in [-0.39, 0.29) is 16.9 Å². The van der Waals surface area contributed by atoms with E-state index in [0.717, 1.165) is 12.8 Å². The fraction of sp³-hybridized carbons (Fsp3) is 0.500. The second-order valence-electron chi connectivity index (χ2n) is 4.83. The van der Waals surface area contributed by atoms with Crippen LogP contribution in [0.2, 0.25) is 0 Å². The molecule has 0 aliphatic heterocycles. The highest BCUT2D eigenvalue weighted by Gasteiger charge is 2.29. The highest BCUT2D eigenvalue weighted by atomic mass is 16.6. The number of aromatic nitrogens is 1. The molecule has 0 saturated heterocycles. The second kappa shape index (κ2) is 4.61. The second-order valence-corrected chi connectivity index (χ2v) is 4.83. The van der Waals surface area contributed by atoms with E-state index in [9.17, 15) is 10.1 Å². The van der Waals surface area contributed by atoms with Gasteiger partial charge in [-0.05, 0) is 25.8 Å². The minimum absolute atomic E-state index is 0.0180. The topological polar surface area (TPSA) is 91.9 Å². The lowest BCUT2D eigenvalue weighted by Crippen LogP contribution is -2.31. The quantitative estimate of drug-likeness (QED) is 0.653. The lowest BCUT2D eigenvalue weighted by Gasteiger charge is -2.25. The van der Waals surface area contributed by atoms with Gasteiger partial charge in [0.15, 0.2) is 0 Å². The summed E-state index contributed by atoms with van der Waals surface area (Å²) in [5.41, 5.74) is -0.415. The molecule has 1 heterocycles. The van der Waals surface area contributed by atoms with Crippen molar-refractivity contribution in [1.29, 1.82) is 5.26 Å². The van der Waals surface area contributed by atoms with Gasteiger partial charge in [-0.2, -0.15) is 5.26 Å². The molecule has 0 amide bonds. The van der Waals surface area contributed by atoms with E-state index in [1.54, 1.807) is 12.1 Å². The number of pyridine rings is 1. The van der Waals surface area contributed by atoms with Gasteiger partial charge in [-0.15, -0.1) is 0 Å². The molecule has 1 aliphatic rings. The summed E-state index contributed by atoms with van der Waals surface area (Å²) in [6.45, 7) is 2.11. The third-order valence-corrected chi connectivity index (χ3v) is 3.31. The average molecular weight is 246 g/mol. The van der Waals surface area contributed by atoms with Gasteiger partial charge in [0.1, 0.15) is 11.9 Å². The number of rotatable bonds is 3. The zero-order chi connectivity index (χ0) is 13.2. The third kappa shape index (κ3) is 2.40. The van der Waals surface area contributed by atoms with Crippen LogP contribution in [-0.2, 0) is 0 Å². The first-order valence-electron chi connectivity index (χ1n) is 5.88. The van der Waals surface area contributed by atoms with Crippen LogP contribution >= 0.6 is 0 Å². The van der Waals surface area contributed by atoms with Gasteiger partial charge < -0.3 is 5.32 Å². The van der Waals surface area contributed by atoms with E-state index in [4.69, 9.17) is 5.26 Å². The van der Waals surface area contributed by atoms with E-state index >= 15 is 0 Å². The summed E-state index contributed by atoms with van der Waals surface area (Å²) in [7, 11) is 0. The van der Waals surface area contributed by atoms with Gasteiger partial charge in [-0.3, -0.25) is 10.1 Å². The van der Waals surface area contributed by atoms with Crippen molar-refractivity contribution in [2.24, 2.45) is 0 Å². The molecule has 1 fully saturated rings. The lowest BCUT2D eigenvalue weighted by molar-refractivity contribution is -0.385. The number of nitrogens with zero attached hydrogens (tertiary/aromatic N) is 3. The van der Waals surface area contributed by atoms with Crippen molar-refractivity contribution in [2.45, 2.75) is 38.1 Å². The molecule has 0 spiro atoms. The van der Waals surface area contributed by atoms with Gasteiger partial charge in [0, 0.05) is 11.6 Å². The predicted octanol–water partition coefficient (Wildman–Crippen LogP) is 2.61. The number of nitro groups is 1. The maximum absolute atomic E-state index is 10.7. The summed E-state index contributed by atoms with van der Waals surface area (Å²) < 4.78 is 0. The highest BCUT2D eigenvalue weighted by molar-refractivity contribution is 5.51. The normalized spacial score (nSPS) is 17.1. The molecular formula is C12H14N4O2. The van der Waals surface area contributed by atoms with Crippen LogP contribution in [0.4, 0.5) is 11.5 Å². The van der Waals surface area contributed by atoms with Crippen molar-refractivity contribution in [3.63, 3.8) is 0 Å². The third-order valence-electron chi connectivity index (χ3n) is 3.31. The Hall–Kier alpha value is -2.16. The maximum atomic E-state index is 10.7.